The fourth-order valence-corrected chi connectivity index (χ4v) is 7.18. The normalized spacial score (nSPS) is 9.53. The van der Waals surface area contributed by atoms with Crippen LogP contribution in [0.4, 0.5) is 0 Å². The second-order valence-corrected chi connectivity index (χ2v) is 18.1. The van der Waals surface area contributed by atoms with Crippen LogP contribution < -0.4 is 41.2 Å². The Balaban J connectivity index is -0.000000283. The largest absolute Gasteiger partial charge is 1.00 e. The van der Waals surface area contributed by atoms with Crippen molar-refractivity contribution < 1.29 is 87.9 Å². The van der Waals surface area contributed by atoms with Crippen molar-refractivity contribution in [2.45, 2.75) is 63.3 Å². The maximum atomic E-state index is 11.5. The number of aryl methyl sites for hydroxylation is 3. The van der Waals surface area contributed by atoms with Crippen molar-refractivity contribution in [2.24, 2.45) is 16.8 Å². The first kappa shape index (κ1) is 84.0. The van der Waals surface area contributed by atoms with E-state index in [1.165, 1.54) is 13.2 Å². The molecule has 0 atom stereocenters. The fraction of sp³-hybridized carbons (Fsp3) is 0.259. The Bertz CT molecular complexity index is 3100. The minimum atomic E-state index is -1.01. The van der Waals surface area contributed by atoms with Crippen molar-refractivity contribution in [3.8, 4) is 40.4 Å². The van der Waals surface area contributed by atoms with E-state index in [1.807, 2.05) is 99.6 Å². The third kappa shape index (κ3) is 27.7. The smallest absolute Gasteiger partial charge is 0.870 e. The van der Waals surface area contributed by atoms with Gasteiger partial charge >= 0.3 is 41.5 Å². The van der Waals surface area contributed by atoms with Gasteiger partial charge in [-0.25, -0.2) is 15.5 Å². The van der Waals surface area contributed by atoms with Gasteiger partial charge in [0.25, 0.3) is 17.7 Å². The molecule has 23 nitrogen and oxygen atoms in total. The summed E-state index contributed by atoms with van der Waals surface area (Å²) in [5, 5.41) is 46.2. The number of nitriles is 1. The second kappa shape index (κ2) is 44.8. The van der Waals surface area contributed by atoms with Crippen molar-refractivity contribution in [1.82, 2.24) is 35.3 Å². The molecule has 0 fully saturated rings. The first-order chi connectivity index (χ1) is 35.8. The topological polar surface area (TPSA) is 361 Å². The quantitative estimate of drug-likeness (QED) is 0.0131. The van der Waals surface area contributed by atoms with Crippen LogP contribution in [0.3, 0.4) is 0 Å². The van der Waals surface area contributed by atoms with E-state index in [0.717, 1.165) is 27.4 Å². The van der Waals surface area contributed by atoms with Crippen LogP contribution in [-0.2, 0) is 14.2 Å². The number of carbonyl (C=O) groups is 2. The summed E-state index contributed by atoms with van der Waals surface area (Å²) in [6.45, 7) is 7.06. The molecule has 0 aliphatic rings. The standard InChI is InChI=1S/C11H10N2O3.C10H8N2O3.C9H7IN2O.C7H7IN2O.C7H4IN.C6H15NO2.4CH4.H3NO.Na.H2O/c1-7-12-10(16-13-7)8-5-3-4-6-9(8)11(14)15-2;1-6-11-9(15-12-6)7-4-2-3-5-8(7)10(13)14;1-6-11-9(13-12-6)7-4-2-3-5-8(7)10;8-6-4-2-1-3-5(6)7(9)10-11;8-7-4-2-1-3-6(7)5-9;1-6(8-4,9-5)7(2)3;;;;;1-2;;/h3-6H,1-2H3;2-5H,1H3,(H,13,14);2-5H,1H3;1-4,11H,(H2,9,10);1-4H;1-5H3;4*1H4;2H,1H2;;1H2/q;;;;;;;;;;;+1;/p-1. The van der Waals surface area contributed by atoms with Crippen molar-refractivity contribution in [3.05, 3.63) is 172 Å². The number of methoxy groups -OCH3 is 3. The molecule has 27 heteroatoms. The molecular weight excluding hydrogens is 1400 g/mol. The monoisotopic (exact) mass is 1470 g/mol. The number of nitrogens with two attached hydrogens (primary N) is 2. The Labute approximate surface area is 536 Å². The van der Waals surface area contributed by atoms with E-state index in [9.17, 15) is 9.59 Å². The van der Waals surface area contributed by atoms with Crippen LogP contribution in [-0.4, -0.2) is 115 Å². The molecule has 0 spiro atoms. The molecule has 0 bridgehead atoms. The van der Waals surface area contributed by atoms with Crippen molar-refractivity contribution in [3.63, 3.8) is 0 Å². The average Bonchev–Trinajstić information content (AvgIpc) is 4.20. The molecular formula is C54H71I3N11NaO12. The molecule has 3 heterocycles. The zero-order valence-corrected chi connectivity index (χ0v) is 51.9. The van der Waals surface area contributed by atoms with Crippen molar-refractivity contribution in [1.29, 1.82) is 5.26 Å². The Hall–Kier alpha value is -5.83. The van der Waals surface area contributed by atoms with Gasteiger partial charge in [-0.15, -0.1) is 0 Å². The summed E-state index contributed by atoms with van der Waals surface area (Å²) in [7, 11) is 8.35. The summed E-state index contributed by atoms with van der Waals surface area (Å²) in [6.07, 6.45) is 0. The van der Waals surface area contributed by atoms with Crippen molar-refractivity contribution in [2.75, 3.05) is 35.4 Å². The van der Waals surface area contributed by atoms with E-state index in [4.69, 9.17) is 49.6 Å². The summed E-state index contributed by atoms with van der Waals surface area (Å²) < 4.78 is 32.9. The maximum Gasteiger partial charge on any atom is 1.00 e. The van der Waals surface area contributed by atoms with Gasteiger partial charge in [0.1, 0.15) is 6.07 Å². The molecule has 0 saturated heterocycles. The number of halogens is 3. The van der Waals surface area contributed by atoms with Crippen LogP contribution >= 0.6 is 67.8 Å². The Kier molecular flexibility index (Phi) is 46.4. The number of rotatable bonds is 9. The van der Waals surface area contributed by atoms with Gasteiger partial charge in [-0.2, -0.15) is 20.2 Å². The second-order valence-electron chi connectivity index (χ2n) is 14.6. The molecule has 8 N–H and O–H groups in total. The van der Waals surface area contributed by atoms with Crippen LogP contribution in [0.2, 0.25) is 0 Å². The summed E-state index contributed by atoms with van der Waals surface area (Å²) in [4.78, 5) is 36.5. The molecule has 0 saturated carbocycles. The summed E-state index contributed by atoms with van der Waals surface area (Å²) >= 11 is 6.51. The number of aromatic nitrogens is 6. The third-order valence-corrected chi connectivity index (χ3v) is 12.3. The van der Waals surface area contributed by atoms with Crippen LogP contribution in [0.25, 0.3) is 34.4 Å². The van der Waals surface area contributed by atoms with Crippen LogP contribution in [0.1, 0.15) is 85.9 Å². The Morgan fingerprint density at radius 2 is 0.963 bits per heavy atom. The van der Waals surface area contributed by atoms with E-state index >= 15 is 0 Å². The molecule has 0 aliphatic carbocycles. The minimum Gasteiger partial charge on any atom is -0.870 e. The van der Waals surface area contributed by atoms with E-state index < -0.39 is 17.8 Å². The van der Waals surface area contributed by atoms with Gasteiger partial charge < -0.3 is 54.5 Å². The van der Waals surface area contributed by atoms with Gasteiger partial charge in [0, 0.05) is 37.4 Å². The number of esters is 1. The number of nitrogens with zero attached hydrogens (tertiary/aromatic N) is 9. The van der Waals surface area contributed by atoms with E-state index in [1.54, 1.807) is 76.6 Å². The van der Waals surface area contributed by atoms with Crippen molar-refractivity contribution >= 4 is 85.5 Å². The van der Waals surface area contributed by atoms with E-state index in [2.05, 4.69) is 120 Å². The molecule has 8 aromatic rings. The number of hydrogen-bond donors (Lipinski definition) is 5. The molecule has 0 unspecified atom stereocenters. The van der Waals surface area contributed by atoms with Gasteiger partial charge in [0.2, 0.25) is 5.91 Å². The fourth-order valence-electron chi connectivity index (χ4n) is 5.39. The molecule has 81 heavy (non-hydrogen) atoms. The number of benzene rings is 5. The van der Waals surface area contributed by atoms with Gasteiger partial charge in [0.05, 0.1) is 40.5 Å². The van der Waals surface area contributed by atoms with Crippen LogP contribution in [0.15, 0.2) is 140 Å². The predicted molar refractivity (Wildman–Crippen MR) is 331 cm³/mol. The number of carboxylic acids is 1. The minimum absolute atomic E-state index is 0. The predicted octanol–water partition coefficient (Wildman–Crippen LogP) is 8.99. The van der Waals surface area contributed by atoms with Crippen LogP contribution in [0.5, 0.6) is 0 Å². The Morgan fingerprint density at radius 1 is 0.617 bits per heavy atom. The van der Waals surface area contributed by atoms with Gasteiger partial charge in [-0.1, -0.05) is 117 Å². The third-order valence-electron chi connectivity index (χ3n) is 9.46. The molecule has 0 amide bonds. The number of carboxylic acid groups (broad SMARTS) is 1. The zero-order chi connectivity index (χ0) is 56.1. The van der Waals surface area contributed by atoms with Crippen LogP contribution in [0, 0.1) is 42.8 Å². The molecule has 3 aromatic heterocycles. The molecule has 0 radical (unpaired) electrons. The number of hydrogen-bond acceptors (Lipinski definition) is 21. The Morgan fingerprint density at radius 3 is 1.27 bits per heavy atom. The van der Waals surface area contributed by atoms with Gasteiger partial charge in [-0.3, -0.25) is 4.90 Å². The molecule has 8 rings (SSSR count). The van der Waals surface area contributed by atoms with E-state index in [-0.39, 0.29) is 82.0 Å². The summed E-state index contributed by atoms with van der Waals surface area (Å²) in [5.41, 5.74) is 9.47. The number of ether oxygens (including phenoxy) is 3. The number of amidine groups is 1. The van der Waals surface area contributed by atoms with Gasteiger partial charge in [0.15, 0.2) is 23.3 Å². The number of oxime groups is 1. The number of aromatic carboxylic acids is 1. The zero-order valence-electron chi connectivity index (χ0n) is 43.4. The molecule has 0 aliphatic heterocycles. The molecule has 5 aromatic carbocycles. The first-order valence-electron chi connectivity index (χ1n) is 21.4. The SMILES string of the molecule is C.C.C.C.COC(=O)c1ccccc1-c1nc(C)no1.COC(C)(OC)N(C)C.Cc1noc(-c2ccccc2C(=O)O)n1.Cc1noc(-c2ccccc2I)n1.N#Cc1ccccc1I.NC(=NO)c1ccccc1I.NO.[Na+].[OH-]. The molecule has 436 valence electrons. The summed E-state index contributed by atoms with van der Waals surface area (Å²) in [6, 6.07) is 38.4. The summed E-state index contributed by atoms with van der Waals surface area (Å²) in [5.74, 6) is 4.42. The first-order valence-corrected chi connectivity index (χ1v) is 24.6. The van der Waals surface area contributed by atoms with E-state index in [0.29, 0.717) is 45.9 Å². The maximum absolute atomic E-state index is 11.5. The number of carbonyl (C=O) groups excluding carboxylic acids is 1. The average molecular weight is 1470 g/mol. The van der Waals surface area contributed by atoms with Gasteiger partial charge in [-0.05, 0) is 157 Å².